The Bertz CT molecular complexity index is 384. The van der Waals surface area contributed by atoms with E-state index in [0.717, 1.165) is 0 Å². The van der Waals surface area contributed by atoms with E-state index in [1.165, 1.54) is 18.2 Å². The fraction of sp³-hybridized carbons (Fsp3) is 0.300. The first kappa shape index (κ1) is 11.9. The first-order valence-electron chi connectivity index (χ1n) is 4.40. The molecule has 0 fully saturated rings. The number of fused-ring (bicyclic) bond motifs is 1. The van der Waals surface area contributed by atoms with Crippen molar-refractivity contribution in [3.63, 3.8) is 0 Å². The van der Waals surface area contributed by atoms with E-state index in [-0.39, 0.29) is 18.2 Å². The fourth-order valence-corrected chi connectivity index (χ4v) is 1.45. The number of hydrogen-bond donors (Lipinski definition) is 1. The molecule has 0 spiro atoms. The predicted molar refractivity (Wildman–Crippen MR) is 56.1 cm³/mol. The van der Waals surface area contributed by atoms with Gasteiger partial charge in [0.15, 0.2) is 5.78 Å². The lowest BCUT2D eigenvalue weighted by Gasteiger charge is -2.05. The van der Waals surface area contributed by atoms with E-state index < -0.39 is 11.9 Å². The van der Waals surface area contributed by atoms with E-state index in [4.69, 9.17) is 10.5 Å². The van der Waals surface area contributed by atoms with Crippen LogP contribution in [-0.4, -0.2) is 18.4 Å². The van der Waals surface area contributed by atoms with E-state index in [0.29, 0.717) is 24.3 Å². The molecule has 5 heteroatoms. The molecule has 0 saturated carbocycles. The summed E-state index contributed by atoms with van der Waals surface area (Å²) in [6.07, 6.45) is 0.467. The standard InChI is InChI=1S/C10H10FNO2.ClH/c11-6-1-2-7-9(5-6)14-4-3-8(12)10(7)13;/h1-2,5,8H,3-4,12H2;1H. The minimum atomic E-state index is -0.540. The molecule has 3 nitrogen and oxygen atoms in total. The van der Waals surface area contributed by atoms with Crippen molar-refractivity contribution in [3.05, 3.63) is 29.6 Å². The largest absolute Gasteiger partial charge is 0.493 e. The summed E-state index contributed by atoms with van der Waals surface area (Å²) in [6.45, 7) is 0.351. The summed E-state index contributed by atoms with van der Waals surface area (Å²) in [6, 6.07) is 3.32. The lowest BCUT2D eigenvalue weighted by molar-refractivity contribution is 0.0960. The van der Waals surface area contributed by atoms with Gasteiger partial charge in [-0.15, -0.1) is 12.4 Å². The smallest absolute Gasteiger partial charge is 0.183 e. The zero-order valence-corrected chi connectivity index (χ0v) is 8.72. The maximum atomic E-state index is 12.8. The van der Waals surface area contributed by atoms with Crippen LogP contribution in [0.3, 0.4) is 0 Å². The van der Waals surface area contributed by atoms with Crippen LogP contribution in [-0.2, 0) is 0 Å². The number of benzene rings is 1. The van der Waals surface area contributed by atoms with Crippen molar-refractivity contribution in [3.8, 4) is 5.75 Å². The van der Waals surface area contributed by atoms with Gasteiger partial charge in [-0.1, -0.05) is 0 Å². The van der Waals surface area contributed by atoms with Crippen LogP contribution in [0.5, 0.6) is 5.75 Å². The molecule has 1 heterocycles. The van der Waals surface area contributed by atoms with Gasteiger partial charge in [0.1, 0.15) is 11.6 Å². The van der Waals surface area contributed by atoms with Gasteiger partial charge in [0.05, 0.1) is 18.2 Å². The van der Waals surface area contributed by atoms with Gasteiger partial charge in [0, 0.05) is 12.5 Å². The predicted octanol–water partition coefficient (Wildman–Crippen LogP) is 1.54. The quantitative estimate of drug-likeness (QED) is 0.737. The van der Waals surface area contributed by atoms with E-state index in [1.54, 1.807) is 0 Å². The summed E-state index contributed by atoms with van der Waals surface area (Å²) in [5.41, 5.74) is 5.98. The highest BCUT2D eigenvalue weighted by atomic mass is 35.5. The Labute approximate surface area is 92.8 Å². The van der Waals surface area contributed by atoms with Gasteiger partial charge in [-0.25, -0.2) is 4.39 Å². The van der Waals surface area contributed by atoms with E-state index in [2.05, 4.69) is 0 Å². The average Bonchev–Trinajstić information content (AvgIpc) is 2.28. The summed E-state index contributed by atoms with van der Waals surface area (Å²) >= 11 is 0. The van der Waals surface area contributed by atoms with Crippen molar-refractivity contribution >= 4 is 18.2 Å². The third kappa shape index (κ3) is 2.27. The minimum absolute atomic E-state index is 0. The van der Waals surface area contributed by atoms with Crippen LogP contribution in [0, 0.1) is 5.82 Å². The number of carbonyl (C=O) groups is 1. The second-order valence-corrected chi connectivity index (χ2v) is 3.25. The van der Waals surface area contributed by atoms with Crippen LogP contribution in [0.15, 0.2) is 18.2 Å². The zero-order chi connectivity index (χ0) is 10.1. The molecule has 2 rings (SSSR count). The molecule has 1 aromatic carbocycles. The molecule has 0 amide bonds. The van der Waals surface area contributed by atoms with E-state index in [9.17, 15) is 9.18 Å². The van der Waals surface area contributed by atoms with Crippen molar-refractivity contribution in [1.82, 2.24) is 0 Å². The number of hydrogen-bond acceptors (Lipinski definition) is 3. The summed E-state index contributed by atoms with van der Waals surface area (Å²) in [7, 11) is 0. The molecule has 1 aliphatic rings. The van der Waals surface area contributed by atoms with Crippen molar-refractivity contribution < 1.29 is 13.9 Å². The Hall–Kier alpha value is -1.13. The number of ether oxygens (including phenoxy) is 1. The molecule has 2 N–H and O–H groups in total. The van der Waals surface area contributed by atoms with Gasteiger partial charge >= 0.3 is 0 Å². The van der Waals surface area contributed by atoms with Gasteiger partial charge in [-0.2, -0.15) is 0 Å². The molecule has 1 atom stereocenters. The van der Waals surface area contributed by atoms with Gasteiger partial charge < -0.3 is 10.5 Å². The topological polar surface area (TPSA) is 52.3 Å². The van der Waals surface area contributed by atoms with Crippen LogP contribution < -0.4 is 10.5 Å². The Morgan fingerprint density at radius 3 is 2.93 bits per heavy atom. The molecule has 15 heavy (non-hydrogen) atoms. The van der Waals surface area contributed by atoms with Gasteiger partial charge in [-0.05, 0) is 12.1 Å². The van der Waals surface area contributed by atoms with Crippen LogP contribution in [0.2, 0.25) is 0 Å². The highest BCUT2D eigenvalue weighted by Gasteiger charge is 2.23. The number of rotatable bonds is 0. The third-order valence-electron chi connectivity index (χ3n) is 2.23. The summed E-state index contributed by atoms with van der Waals surface area (Å²) in [5.74, 6) is -0.299. The maximum Gasteiger partial charge on any atom is 0.183 e. The Balaban J connectivity index is 0.00000112. The second-order valence-electron chi connectivity index (χ2n) is 3.25. The number of carbonyl (C=O) groups excluding carboxylic acids is 1. The second kappa shape index (κ2) is 4.59. The molecule has 0 aliphatic carbocycles. The van der Waals surface area contributed by atoms with Crippen molar-refractivity contribution in [2.45, 2.75) is 12.5 Å². The van der Waals surface area contributed by atoms with Crippen molar-refractivity contribution in [2.75, 3.05) is 6.61 Å². The first-order valence-corrected chi connectivity index (χ1v) is 4.40. The van der Waals surface area contributed by atoms with Gasteiger partial charge in [0.25, 0.3) is 0 Å². The lowest BCUT2D eigenvalue weighted by atomic mass is 10.0. The Morgan fingerprint density at radius 2 is 2.20 bits per heavy atom. The lowest BCUT2D eigenvalue weighted by Crippen LogP contribution is -2.30. The van der Waals surface area contributed by atoms with Crippen LogP contribution in [0.4, 0.5) is 4.39 Å². The van der Waals surface area contributed by atoms with Gasteiger partial charge in [-0.3, -0.25) is 4.79 Å². The van der Waals surface area contributed by atoms with Crippen LogP contribution >= 0.6 is 12.4 Å². The Kier molecular flexibility index (Phi) is 3.66. The van der Waals surface area contributed by atoms with Crippen molar-refractivity contribution in [2.24, 2.45) is 5.73 Å². The molecule has 1 aliphatic heterocycles. The highest BCUT2D eigenvalue weighted by Crippen LogP contribution is 2.24. The summed E-state index contributed by atoms with van der Waals surface area (Å²) < 4.78 is 18.1. The molecule has 0 saturated heterocycles. The number of ketones is 1. The summed E-state index contributed by atoms with van der Waals surface area (Å²) in [5, 5.41) is 0. The SMILES string of the molecule is Cl.NC1CCOc2cc(F)ccc2C1=O. The third-order valence-corrected chi connectivity index (χ3v) is 2.23. The van der Waals surface area contributed by atoms with Crippen molar-refractivity contribution in [1.29, 1.82) is 0 Å². The molecule has 0 radical (unpaired) electrons. The molecule has 82 valence electrons. The average molecular weight is 232 g/mol. The van der Waals surface area contributed by atoms with Crippen LogP contribution in [0.1, 0.15) is 16.8 Å². The molecule has 1 aromatic rings. The summed E-state index contributed by atoms with van der Waals surface area (Å²) in [4.78, 5) is 11.6. The van der Waals surface area contributed by atoms with E-state index in [1.807, 2.05) is 0 Å². The first-order chi connectivity index (χ1) is 6.68. The molecule has 1 unspecified atom stereocenters. The number of nitrogens with two attached hydrogens (primary N) is 1. The molecular formula is C10H11ClFNO2. The fourth-order valence-electron chi connectivity index (χ4n) is 1.45. The highest BCUT2D eigenvalue weighted by molar-refractivity contribution is 6.02. The monoisotopic (exact) mass is 231 g/mol. The number of halogens is 2. The molecule has 0 aromatic heterocycles. The zero-order valence-electron chi connectivity index (χ0n) is 7.90. The molecule has 0 bridgehead atoms. The van der Waals surface area contributed by atoms with E-state index >= 15 is 0 Å². The number of Topliss-reactive ketones (excluding diaryl/α,β-unsaturated/α-hetero) is 1. The van der Waals surface area contributed by atoms with Gasteiger partial charge in [0.2, 0.25) is 0 Å². The van der Waals surface area contributed by atoms with Crippen LogP contribution in [0.25, 0.3) is 0 Å². The minimum Gasteiger partial charge on any atom is -0.493 e. The maximum absolute atomic E-state index is 12.8. The Morgan fingerprint density at radius 1 is 1.47 bits per heavy atom. The molecular weight excluding hydrogens is 221 g/mol. The normalized spacial score (nSPS) is 19.6.